The number of hydrogen-bond acceptors (Lipinski definition) is 5. The van der Waals surface area contributed by atoms with E-state index in [0.717, 1.165) is 38.8 Å². The minimum absolute atomic E-state index is 0.107. The van der Waals surface area contributed by atoms with Crippen LogP contribution in [-0.2, 0) is 14.8 Å². The Kier molecular flexibility index (Phi) is 6.43. The van der Waals surface area contributed by atoms with Gasteiger partial charge in [-0.3, -0.25) is 4.90 Å². The van der Waals surface area contributed by atoms with Gasteiger partial charge in [0.1, 0.15) is 0 Å². The number of hydrogen-bond donors (Lipinski definition) is 1. The first kappa shape index (κ1) is 17.1. The third kappa shape index (κ3) is 4.63. The molecule has 2 fully saturated rings. The summed E-state index contributed by atoms with van der Waals surface area (Å²) in [7, 11) is -3.18. The zero-order valence-electron chi connectivity index (χ0n) is 13.0. The highest BCUT2D eigenvalue weighted by molar-refractivity contribution is 7.89. The van der Waals surface area contributed by atoms with E-state index in [1.165, 1.54) is 0 Å². The van der Waals surface area contributed by atoms with Crippen LogP contribution < -0.4 is 5.73 Å². The molecule has 2 heterocycles. The smallest absolute Gasteiger partial charge is 0.216 e. The Hall–Kier alpha value is -0.210. The van der Waals surface area contributed by atoms with Gasteiger partial charge in [-0.15, -0.1) is 0 Å². The molecule has 0 aliphatic carbocycles. The summed E-state index contributed by atoms with van der Waals surface area (Å²) in [6, 6.07) is 0.387. The van der Waals surface area contributed by atoms with Gasteiger partial charge in [-0.2, -0.15) is 4.31 Å². The fraction of sp³-hybridized carbons (Fsp3) is 1.00. The average Bonchev–Trinajstić information content (AvgIpc) is 2.97. The molecule has 2 saturated heterocycles. The molecule has 0 aromatic heterocycles. The van der Waals surface area contributed by atoms with E-state index in [2.05, 4.69) is 11.8 Å². The van der Waals surface area contributed by atoms with E-state index in [4.69, 9.17) is 10.5 Å². The molecule has 6 nitrogen and oxygen atoms in total. The van der Waals surface area contributed by atoms with Crippen LogP contribution >= 0.6 is 0 Å². The Balaban J connectivity index is 1.84. The molecule has 21 heavy (non-hydrogen) atoms. The molecule has 2 unspecified atom stereocenters. The lowest BCUT2D eigenvalue weighted by Crippen LogP contribution is -2.54. The number of rotatable bonds is 7. The fourth-order valence-corrected chi connectivity index (χ4v) is 4.91. The quantitative estimate of drug-likeness (QED) is 0.727. The summed E-state index contributed by atoms with van der Waals surface area (Å²) < 4.78 is 31.9. The highest BCUT2D eigenvalue weighted by Crippen LogP contribution is 2.18. The Morgan fingerprint density at radius 1 is 1.29 bits per heavy atom. The summed E-state index contributed by atoms with van der Waals surface area (Å²) in [4.78, 5) is 2.33. The van der Waals surface area contributed by atoms with E-state index in [-0.39, 0.29) is 11.9 Å². The topological polar surface area (TPSA) is 75.9 Å². The lowest BCUT2D eigenvalue weighted by molar-refractivity contribution is 0.120. The van der Waals surface area contributed by atoms with Crippen molar-refractivity contribution in [1.82, 2.24) is 9.21 Å². The van der Waals surface area contributed by atoms with Gasteiger partial charge in [0, 0.05) is 45.4 Å². The van der Waals surface area contributed by atoms with Gasteiger partial charge in [-0.1, -0.05) is 13.3 Å². The van der Waals surface area contributed by atoms with Gasteiger partial charge in [0.05, 0.1) is 11.9 Å². The van der Waals surface area contributed by atoms with E-state index in [1.807, 2.05) is 0 Å². The Bertz CT molecular complexity index is 402. The van der Waals surface area contributed by atoms with Gasteiger partial charge >= 0.3 is 0 Å². The first-order valence-corrected chi connectivity index (χ1v) is 9.71. The van der Waals surface area contributed by atoms with E-state index in [1.54, 1.807) is 4.31 Å². The van der Waals surface area contributed by atoms with Gasteiger partial charge in [0.25, 0.3) is 0 Å². The first-order valence-electron chi connectivity index (χ1n) is 8.10. The molecule has 124 valence electrons. The first-order chi connectivity index (χ1) is 10.1. The lowest BCUT2D eigenvalue weighted by atomic mass is 10.1. The van der Waals surface area contributed by atoms with Crippen LogP contribution in [0, 0.1) is 0 Å². The average molecular weight is 319 g/mol. The molecule has 0 aromatic carbocycles. The Morgan fingerprint density at radius 3 is 2.52 bits per heavy atom. The number of piperazine rings is 1. The molecule has 0 radical (unpaired) electrons. The van der Waals surface area contributed by atoms with Crippen molar-refractivity contribution in [1.29, 1.82) is 0 Å². The third-order valence-electron chi connectivity index (χ3n) is 4.50. The number of nitrogens with zero attached hydrogens (tertiary/aromatic N) is 2. The van der Waals surface area contributed by atoms with Gasteiger partial charge in [-0.25, -0.2) is 8.42 Å². The van der Waals surface area contributed by atoms with Gasteiger partial charge < -0.3 is 10.5 Å². The minimum Gasteiger partial charge on any atom is -0.377 e. The van der Waals surface area contributed by atoms with Crippen molar-refractivity contribution in [2.45, 2.75) is 44.8 Å². The number of sulfonamides is 1. The zero-order valence-corrected chi connectivity index (χ0v) is 13.9. The van der Waals surface area contributed by atoms with Crippen LogP contribution in [0.2, 0.25) is 0 Å². The molecule has 0 bridgehead atoms. The zero-order chi connectivity index (χ0) is 15.3. The summed E-state index contributed by atoms with van der Waals surface area (Å²) in [5.41, 5.74) is 5.83. The molecule has 2 N–H and O–H groups in total. The van der Waals surface area contributed by atoms with E-state index >= 15 is 0 Å². The van der Waals surface area contributed by atoms with Crippen molar-refractivity contribution in [3.05, 3.63) is 0 Å². The summed E-state index contributed by atoms with van der Waals surface area (Å²) in [6.45, 7) is 6.23. The van der Waals surface area contributed by atoms with Crippen LogP contribution in [0.4, 0.5) is 0 Å². The van der Waals surface area contributed by atoms with Crippen LogP contribution in [0.25, 0.3) is 0 Å². The molecule has 0 saturated carbocycles. The summed E-state index contributed by atoms with van der Waals surface area (Å²) in [5, 5.41) is 0. The van der Waals surface area contributed by atoms with E-state index in [9.17, 15) is 8.42 Å². The number of nitrogens with two attached hydrogens (primary N) is 1. The predicted octanol–water partition coefficient (Wildman–Crippen LogP) is 0.240. The van der Waals surface area contributed by atoms with E-state index in [0.29, 0.717) is 32.3 Å². The monoisotopic (exact) mass is 319 g/mol. The maximum atomic E-state index is 12.4. The van der Waals surface area contributed by atoms with Crippen LogP contribution in [0.1, 0.15) is 32.6 Å². The lowest BCUT2D eigenvalue weighted by Gasteiger charge is -2.38. The molecule has 2 rings (SSSR count). The molecular weight excluding hydrogens is 290 g/mol. The fourth-order valence-electron chi connectivity index (χ4n) is 3.25. The van der Waals surface area contributed by atoms with Crippen LogP contribution in [-0.4, -0.2) is 74.9 Å². The minimum atomic E-state index is -3.18. The maximum absolute atomic E-state index is 12.4. The Labute approximate surface area is 128 Å². The van der Waals surface area contributed by atoms with Crippen molar-refractivity contribution >= 4 is 10.0 Å². The highest BCUT2D eigenvalue weighted by atomic mass is 32.2. The molecule has 2 atom stereocenters. The summed E-state index contributed by atoms with van der Waals surface area (Å²) in [5.74, 6) is 0.141. The van der Waals surface area contributed by atoms with Gasteiger partial charge in [0.2, 0.25) is 10.0 Å². The highest BCUT2D eigenvalue weighted by Gasteiger charge is 2.32. The molecule has 2 aliphatic heterocycles. The Morgan fingerprint density at radius 2 is 2.00 bits per heavy atom. The summed E-state index contributed by atoms with van der Waals surface area (Å²) in [6.07, 6.45) is 3.93. The van der Waals surface area contributed by atoms with Crippen molar-refractivity contribution in [2.24, 2.45) is 5.73 Å². The van der Waals surface area contributed by atoms with Crippen molar-refractivity contribution in [3.8, 4) is 0 Å². The molecule has 0 aromatic rings. The normalized spacial score (nSPS) is 27.0. The molecule has 2 aliphatic rings. The molecule has 0 spiro atoms. The van der Waals surface area contributed by atoms with Gasteiger partial charge in [-0.05, 0) is 19.3 Å². The molecular formula is C14H29N3O3S. The molecule has 7 heteroatoms. The van der Waals surface area contributed by atoms with Crippen molar-refractivity contribution < 1.29 is 13.2 Å². The predicted molar refractivity (Wildman–Crippen MR) is 83.7 cm³/mol. The number of ether oxygens (including phenoxy) is 1. The van der Waals surface area contributed by atoms with Crippen molar-refractivity contribution in [2.75, 3.05) is 45.1 Å². The SMILES string of the molecule is CCCC(CN)N1CCN(S(=O)(=O)CC2CCCO2)CC1. The third-order valence-corrected chi connectivity index (χ3v) is 6.44. The molecule has 0 amide bonds. The van der Waals surface area contributed by atoms with Gasteiger partial charge in [0.15, 0.2) is 0 Å². The second-order valence-corrected chi connectivity index (χ2v) is 8.04. The van der Waals surface area contributed by atoms with E-state index < -0.39 is 10.0 Å². The second-order valence-electron chi connectivity index (χ2n) is 6.03. The van der Waals surface area contributed by atoms with Crippen LogP contribution in [0.3, 0.4) is 0 Å². The second kappa shape index (κ2) is 7.87. The van der Waals surface area contributed by atoms with Crippen LogP contribution in [0.15, 0.2) is 0 Å². The van der Waals surface area contributed by atoms with Crippen molar-refractivity contribution in [3.63, 3.8) is 0 Å². The standard InChI is InChI=1S/C14H29N3O3S/c1-2-4-13(11-15)16-6-8-17(9-7-16)21(18,19)12-14-5-3-10-20-14/h13-14H,2-12,15H2,1H3. The maximum Gasteiger partial charge on any atom is 0.216 e. The largest absolute Gasteiger partial charge is 0.377 e. The van der Waals surface area contributed by atoms with Crippen LogP contribution in [0.5, 0.6) is 0 Å². The summed E-state index contributed by atoms with van der Waals surface area (Å²) >= 11 is 0.